The van der Waals surface area contributed by atoms with Crippen molar-refractivity contribution in [3.63, 3.8) is 0 Å². The summed E-state index contributed by atoms with van der Waals surface area (Å²) in [5.41, 5.74) is 1.06. The van der Waals surface area contributed by atoms with Crippen LogP contribution in [0.2, 0.25) is 0 Å². The number of anilines is 1. The minimum absolute atomic E-state index is 0.0637. The number of nitrogens with zero attached hydrogens (tertiary/aromatic N) is 4. The monoisotopic (exact) mass is 275 g/mol. The zero-order valence-corrected chi connectivity index (χ0v) is 12.2. The minimum Gasteiger partial charge on any atom is -0.365 e. The van der Waals surface area contributed by atoms with Crippen molar-refractivity contribution in [2.45, 2.75) is 26.8 Å². The van der Waals surface area contributed by atoms with Gasteiger partial charge in [-0.3, -0.25) is 4.79 Å². The molecule has 2 aromatic rings. The molecular weight excluding hydrogens is 254 g/mol. The van der Waals surface area contributed by atoms with E-state index < -0.39 is 0 Å². The van der Waals surface area contributed by atoms with Crippen LogP contribution in [0.15, 0.2) is 29.7 Å². The smallest absolute Gasteiger partial charge is 0.293 e. The number of imidazole rings is 1. The highest BCUT2D eigenvalue weighted by atomic mass is 16.1. The summed E-state index contributed by atoms with van der Waals surface area (Å²) in [6.45, 7) is 5.54. The highest BCUT2D eigenvalue weighted by Gasteiger charge is 2.06. The van der Waals surface area contributed by atoms with E-state index in [1.807, 2.05) is 17.8 Å². The second-order valence-electron chi connectivity index (χ2n) is 5.30. The van der Waals surface area contributed by atoms with Crippen LogP contribution in [0, 0.1) is 5.92 Å². The third kappa shape index (κ3) is 3.46. The Balaban J connectivity index is 1.99. The summed E-state index contributed by atoms with van der Waals surface area (Å²) in [4.78, 5) is 20.4. The Morgan fingerprint density at radius 3 is 2.85 bits per heavy atom. The Bertz CT molecular complexity index is 614. The lowest BCUT2D eigenvalue weighted by molar-refractivity contribution is 0.509. The average Bonchev–Trinajstić information content (AvgIpc) is 2.79. The lowest BCUT2D eigenvalue weighted by atomic mass is 10.2. The van der Waals surface area contributed by atoms with Gasteiger partial charge in [0.15, 0.2) is 5.82 Å². The highest BCUT2D eigenvalue weighted by molar-refractivity contribution is 5.30. The van der Waals surface area contributed by atoms with Gasteiger partial charge in [-0.15, -0.1) is 0 Å². The lowest BCUT2D eigenvalue weighted by Gasteiger charge is -2.10. The molecule has 0 saturated carbocycles. The van der Waals surface area contributed by atoms with Gasteiger partial charge in [-0.1, -0.05) is 13.8 Å². The summed E-state index contributed by atoms with van der Waals surface area (Å²) in [5.74, 6) is 0.840. The molecule has 2 heterocycles. The van der Waals surface area contributed by atoms with Crippen LogP contribution in [-0.2, 0) is 20.0 Å². The van der Waals surface area contributed by atoms with Gasteiger partial charge in [0.25, 0.3) is 5.56 Å². The fraction of sp³-hybridized carbons (Fsp3) is 0.500. The summed E-state index contributed by atoms with van der Waals surface area (Å²) in [6, 6.07) is 0. The zero-order valence-electron chi connectivity index (χ0n) is 12.2. The number of hydrogen-bond acceptors (Lipinski definition) is 4. The molecule has 20 heavy (non-hydrogen) atoms. The predicted molar refractivity (Wildman–Crippen MR) is 78.7 cm³/mol. The highest BCUT2D eigenvalue weighted by Crippen LogP contribution is 2.01. The quantitative estimate of drug-likeness (QED) is 0.862. The van der Waals surface area contributed by atoms with Crippen LogP contribution < -0.4 is 10.9 Å². The molecule has 0 amide bonds. The topological polar surface area (TPSA) is 64.7 Å². The van der Waals surface area contributed by atoms with Gasteiger partial charge < -0.3 is 14.5 Å². The Hall–Kier alpha value is -2.11. The van der Waals surface area contributed by atoms with Crippen LogP contribution in [0.4, 0.5) is 5.82 Å². The van der Waals surface area contributed by atoms with Gasteiger partial charge in [0.1, 0.15) is 0 Å². The van der Waals surface area contributed by atoms with Gasteiger partial charge >= 0.3 is 0 Å². The number of aryl methyl sites for hydroxylation is 1. The predicted octanol–water partition coefficient (Wildman–Crippen LogP) is 1.29. The standard InChI is InChI=1S/C14H21N5O/c1-11(2)9-19-7-6-17-13(14(19)20)16-5-4-12-8-15-10-18(12)3/h6-8,10-11H,4-5,9H2,1-3H3,(H,16,17). The van der Waals surface area contributed by atoms with Crippen LogP contribution in [0.3, 0.4) is 0 Å². The summed E-state index contributed by atoms with van der Waals surface area (Å²) in [5, 5.41) is 3.11. The Morgan fingerprint density at radius 2 is 2.20 bits per heavy atom. The maximum atomic E-state index is 12.2. The molecule has 0 spiro atoms. The van der Waals surface area contributed by atoms with Crippen LogP contribution in [0.1, 0.15) is 19.5 Å². The Labute approximate surface area is 118 Å². The van der Waals surface area contributed by atoms with Gasteiger partial charge in [-0.05, 0) is 5.92 Å². The molecule has 0 aliphatic heterocycles. The van der Waals surface area contributed by atoms with E-state index in [0.717, 1.165) is 12.1 Å². The van der Waals surface area contributed by atoms with E-state index in [0.29, 0.717) is 24.8 Å². The van der Waals surface area contributed by atoms with E-state index in [-0.39, 0.29) is 5.56 Å². The summed E-state index contributed by atoms with van der Waals surface area (Å²) in [6.07, 6.45) is 7.80. The van der Waals surface area contributed by atoms with Gasteiger partial charge in [-0.2, -0.15) is 0 Å². The second kappa shape index (κ2) is 6.36. The second-order valence-corrected chi connectivity index (χ2v) is 5.30. The van der Waals surface area contributed by atoms with E-state index in [2.05, 4.69) is 29.1 Å². The fourth-order valence-electron chi connectivity index (χ4n) is 2.04. The average molecular weight is 275 g/mol. The first-order valence-corrected chi connectivity index (χ1v) is 6.82. The van der Waals surface area contributed by atoms with Gasteiger partial charge in [0.2, 0.25) is 0 Å². The summed E-state index contributed by atoms with van der Waals surface area (Å²) < 4.78 is 3.67. The molecule has 0 aliphatic rings. The maximum absolute atomic E-state index is 12.2. The van der Waals surface area contributed by atoms with Crippen molar-refractivity contribution in [1.82, 2.24) is 19.1 Å². The third-order valence-corrected chi connectivity index (χ3v) is 3.07. The molecule has 0 saturated heterocycles. The lowest BCUT2D eigenvalue weighted by Crippen LogP contribution is -2.26. The van der Waals surface area contributed by atoms with Gasteiger partial charge in [0.05, 0.1) is 6.33 Å². The largest absolute Gasteiger partial charge is 0.365 e. The van der Waals surface area contributed by atoms with E-state index in [9.17, 15) is 4.79 Å². The molecule has 0 bridgehead atoms. The minimum atomic E-state index is -0.0637. The van der Waals surface area contributed by atoms with Crippen molar-refractivity contribution in [2.24, 2.45) is 13.0 Å². The van der Waals surface area contributed by atoms with Crippen LogP contribution >= 0.6 is 0 Å². The Kier molecular flexibility index (Phi) is 4.55. The molecule has 0 aliphatic carbocycles. The van der Waals surface area contributed by atoms with Crippen molar-refractivity contribution < 1.29 is 0 Å². The first-order valence-electron chi connectivity index (χ1n) is 6.82. The Morgan fingerprint density at radius 1 is 1.40 bits per heavy atom. The van der Waals surface area contributed by atoms with Crippen LogP contribution in [-0.4, -0.2) is 25.6 Å². The number of aromatic nitrogens is 4. The van der Waals surface area contributed by atoms with Crippen molar-refractivity contribution in [3.05, 3.63) is 41.0 Å². The molecule has 0 atom stereocenters. The molecule has 1 N–H and O–H groups in total. The van der Waals surface area contributed by atoms with E-state index >= 15 is 0 Å². The molecule has 2 aromatic heterocycles. The third-order valence-electron chi connectivity index (χ3n) is 3.07. The van der Waals surface area contributed by atoms with Crippen molar-refractivity contribution in [3.8, 4) is 0 Å². The SMILES string of the molecule is CC(C)Cn1ccnc(NCCc2cncn2C)c1=O. The van der Waals surface area contributed by atoms with Crippen LogP contribution in [0.5, 0.6) is 0 Å². The normalized spacial score (nSPS) is 11.0. The molecule has 2 rings (SSSR count). The zero-order chi connectivity index (χ0) is 14.5. The maximum Gasteiger partial charge on any atom is 0.293 e. The van der Waals surface area contributed by atoms with Crippen molar-refractivity contribution in [1.29, 1.82) is 0 Å². The van der Waals surface area contributed by atoms with Crippen molar-refractivity contribution >= 4 is 5.82 Å². The number of hydrogen-bond donors (Lipinski definition) is 1. The van der Waals surface area contributed by atoms with E-state index in [4.69, 9.17) is 0 Å². The summed E-state index contributed by atoms with van der Waals surface area (Å²) >= 11 is 0. The van der Waals surface area contributed by atoms with E-state index in [1.54, 1.807) is 23.3 Å². The molecule has 0 aromatic carbocycles. The first-order chi connectivity index (χ1) is 9.58. The molecule has 0 radical (unpaired) electrons. The fourth-order valence-corrected chi connectivity index (χ4v) is 2.04. The molecule has 0 fully saturated rings. The molecule has 6 nitrogen and oxygen atoms in total. The van der Waals surface area contributed by atoms with Crippen molar-refractivity contribution in [2.75, 3.05) is 11.9 Å². The molecule has 108 valence electrons. The van der Waals surface area contributed by atoms with Gasteiger partial charge in [-0.25, -0.2) is 9.97 Å². The first kappa shape index (κ1) is 14.3. The molecular formula is C14H21N5O. The summed E-state index contributed by atoms with van der Waals surface area (Å²) in [7, 11) is 1.96. The van der Waals surface area contributed by atoms with Gasteiger partial charge in [0, 0.05) is 50.8 Å². The number of nitrogens with one attached hydrogen (secondary N) is 1. The molecule has 0 unspecified atom stereocenters. The van der Waals surface area contributed by atoms with E-state index in [1.165, 1.54) is 0 Å². The molecule has 6 heteroatoms. The number of rotatable bonds is 6. The van der Waals surface area contributed by atoms with Crippen LogP contribution in [0.25, 0.3) is 0 Å².